The van der Waals surface area contributed by atoms with Crippen LogP contribution in [0.1, 0.15) is 125 Å². The van der Waals surface area contributed by atoms with Gasteiger partial charge >= 0.3 is 7.82 Å². The second-order valence-corrected chi connectivity index (χ2v) is 3.91. The Morgan fingerprint density at radius 2 is 1.52 bits per heavy atom. The summed E-state index contributed by atoms with van der Waals surface area (Å²) in [6.45, 7) is -28.6. The van der Waals surface area contributed by atoms with Gasteiger partial charge in [-0.1, -0.05) is 65.6 Å². The first-order valence-electron chi connectivity index (χ1n) is 21.7. The highest BCUT2D eigenvalue weighted by Gasteiger charge is 2.24. The van der Waals surface area contributed by atoms with E-state index in [0.717, 1.165) is 0 Å². The number of hydrogen-bond donors (Lipinski definition) is 1. The molecule has 0 rings (SSSR count). The van der Waals surface area contributed by atoms with Gasteiger partial charge in [-0.15, -0.1) is 0 Å². The van der Waals surface area contributed by atoms with E-state index < -0.39 is 111 Å². The van der Waals surface area contributed by atoms with E-state index >= 15 is 0 Å². The molecule has 0 radical (unpaired) electrons. The zero-order chi connectivity index (χ0) is 45.9. The van der Waals surface area contributed by atoms with E-state index in [2.05, 4.69) is 9.05 Å². The highest BCUT2D eigenvalue weighted by molar-refractivity contribution is 7.47. The Kier molecular flexibility index (Phi) is 1.75. The quantitative estimate of drug-likeness (QED) is 0.414. The van der Waals surface area contributed by atoms with E-state index in [4.69, 9.17) is 46.6 Å². The average Bonchev–Trinajstić information content (AvgIpc) is 2.86. The van der Waals surface area contributed by atoms with Gasteiger partial charge in [0.05, 0.1) is 18.6 Å². The smallest absolute Gasteiger partial charge is 0.302 e. The molecule has 4 nitrogen and oxygen atoms in total. The van der Waals surface area contributed by atoms with Crippen LogP contribution in [0.5, 0.6) is 0 Å². The first-order chi connectivity index (χ1) is 22.9. The molecule has 0 spiro atoms. The molecule has 2 unspecified atom stereocenters. The fourth-order valence-corrected chi connectivity index (χ4v) is 1.03. The Bertz CT molecular complexity index is 1340. The third-order valence-electron chi connectivity index (χ3n) is 1.28. The Morgan fingerprint density at radius 1 is 1.05 bits per heavy atom. The van der Waals surface area contributed by atoms with Gasteiger partial charge < -0.3 is 4.89 Å². The van der Waals surface area contributed by atoms with Crippen LogP contribution < -0.4 is 0 Å². The standard InChI is InChI=1S/C16H35O4P/c1-5-9-11-15(7-3)13-19-21(17,18)20-14-16(8-4)12-10-6-2/h15-16H,5-14H2,1-4H3,(H,17,18)/i1D3,2D3,3D3,4D3,5D2,6D2,7D2,8D2,9D2,10D2,11D2,12D2,13D2,14D2,15D,16D. The summed E-state index contributed by atoms with van der Waals surface area (Å²) < 4.78 is 287. The molecule has 0 fully saturated rings. The zero-order valence-electron chi connectivity index (χ0n) is 44.1. The van der Waals surface area contributed by atoms with Crippen molar-refractivity contribution in [2.24, 2.45) is 11.8 Å². The van der Waals surface area contributed by atoms with Crippen LogP contribution in [0.15, 0.2) is 0 Å². The van der Waals surface area contributed by atoms with E-state index in [-0.39, 0.29) is 0 Å². The molecule has 0 aliphatic rings. The molecule has 0 saturated heterocycles. The number of phosphoric acid groups is 1. The SMILES string of the molecule is [2H]C([2H])([2H])C([2H])([2H])C([2H])([2H])C([2H])([2H])C([2H])(C([2H])([2H])OP(=O)(O)OC([2H])([2H])C([2H])(C([2H])([2H])C([2H])([2H])[2H])C([2H])([2H])C([2H])([2H])C([2H])([2H])C([2H])([2H])[2H])C([2H])([2H])C([2H])([2H])[2H]. The third kappa shape index (κ3) is 11.3. The van der Waals surface area contributed by atoms with E-state index in [0.29, 0.717) is 0 Å². The maximum atomic E-state index is 13.3. The van der Waals surface area contributed by atoms with E-state index in [1.54, 1.807) is 0 Å². The first-order valence-corrected chi connectivity index (χ1v) is 6.15. The maximum Gasteiger partial charge on any atom is 0.472 e. The van der Waals surface area contributed by atoms with Crippen molar-refractivity contribution in [3.05, 3.63) is 0 Å². The lowest BCUT2D eigenvalue weighted by atomic mass is 10.0. The van der Waals surface area contributed by atoms with Crippen molar-refractivity contribution in [1.29, 1.82) is 0 Å². The monoisotopic (exact) mass is 356 g/mol. The Morgan fingerprint density at radius 3 is 1.90 bits per heavy atom. The van der Waals surface area contributed by atoms with E-state index in [1.807, 2.05) is 0 Å². The normalized spacial score (nSPS) is 53.6. The van der Waals surface area contributed by atoms with Crippen LogP contribution in [0.2, 0.25) is 0 Å². The van der Waals surface area contributed by atoms with Crippen molar-refractivity contribution in [3.63, 3.8) is 0 Å². The van der Waals surface area contributed by atoms with Crippen molar-refractivity contribution >= 4 is 7.82 Å². The number of hydrogen-bond acceptors (Lipinski definition) is 3. The minimum atomic E-state index is -7.44. The fourth-order valence-electron chi connectivity index (χ4n) is 0.577. The predicted molar refractivity (Wildman–Crippen MR) is 88.3 cm³/mol. The third-order valence-corrected chi connectivity index (χ3v) is 1.92. The first kappa shape index (κ1) is 2.92. The van der Waals surface area contributed by atoms with Gasteiger partial charge in [-0.2, -0.15) is 0 Å². The number of rotatable bonds is 14. The molecule has 128 valence electrons. The van der Waals surface area contributed by atoms with Gasteiger partial charge in [0.1, 0.15) is 0 Å². The van der Waals surface area contributed by atoms with Gasteiger partial charge in [0.2, 0.25) is 0 Å². The van der Waals surface area contributed by atoms with E-state index in [1.165, 1.54) is 0 Å². The lowest BCUT2D eigenvalue weighted by Crippen LogP contribution is -2.12. The van der Waals surface area contributed by atoms with Crippen LogP contribution in [0.3, 0.4) is 0 Å². The highest BCUT2D eigenvalue weighted by atomic mass is 31.2. The van der Waals surface area contributed by atoms with Gasteiger partial charge in [0, 0.05) is 41.1 Å². The van der Waals surface area contributed by atoms with Gasteiger partial charge in [0.25, 0.3) is 0 Å². The molecular weight excluding hydrogens is 287 g/mol. The zero-order valence-corrected chi connectivity index (χ0v) is 11.0. The molecule has 0 aliphatic heterocycles. The van der Waals surface area contributed by atoms with Gasteiger partial charge in [-0.25, -0.2) is 4.57 Å². The molecular formula is C16H35O4P. The summed E-state index contributed by atoms with van der Waals surface area (Å²) in [5, 5.41) is 0. The molecule has 2 atom stereocenters. The van der Waals surface area contributed by atoms with Crippen LogP contribution in [0, 0.1) is 11.8 Å². The van der Waals surface area contributed by atoms with Crippen LogP contribution >= 0.6 is 7.82 Å². The molecule has 0 amide bonds. The van der Waals surface area contributed by atoms with Gasteiger partial charge in [-0.3, -0.25) is 9.05 Å². The maximum absolute atomic E-state index is 13.3. The summed E-state index contributed by atoms with van der Waals surface area (Å²) in [7, 11) is -7.44. The van der Waals surface area contributed by atoms with Crippen molar-refractivity contribution in [2.75, 3.05) is 13.1 Å². The molecule has 0 aromatic carbocycles. The molecule has 0 heterocycles. The lowest BCUT2D eigenvalue weighted by molar-refractivity contribution is 0.110. The van der Waals surface area contributed by atoms with Crippen molar-refractivity contribution in [2.45, 2.75) is 78.4 Å². The summed E-state index contributed by atoms with van der Waals surface area (Å²) in [6, 6.07) is 0. The summed E-state index contributed by atoms with van der Waals surface area (Å²) in [6.07, 6.45) is -39.8. The Labute approximate surface area is 179 Å². The minimum Gasteiger partial charge on any atom is -0.302 e. The summed E-state index contributed by atoms with van der Waals surface area (Å²) in [4.78, 5) is 10.5. The largest absolute Gasteiger partial charge is 0.472 e. The second-order valence-electron chi connectivity index (χ2n) is 2.61. The van der Waals surface area contributed by atoms with Gasteiger partial charge in [0.15, 0.2) is 0 Å². The molecule has 0 bridgehead atoms. The molecule has 1 N–H and O–H groups in total. The second kappa shape index (κ2) is 12.6. The minimum absolute atomic E-state index is 3.91. The molecule has 21 heavy (non-hydrogen) atoms. The average molecular weight is 357 g/mol. The fraction of sp³-hybridized carbons (Fsp3) is 1.00. The molecule has 5 heteroatoms. The molecule has 0 saturated carbocycles. The number of phosphoric ester groups is 1. The van der Waals surface area contributed by atoms with Crippen LogP contribution in [0.25, 0.3) is 0 Å². The molecule has 0 aromatic heterocycles. The van der Waals surface area contributed by atoms with Crippen LogP contribution in [-0.2, 0) is 13.6 Å². The Balaban J connectivity index is 8.27. The topological polar surface area (TPSA) is 55.8 Å². The highest BCUT2D eigenvalue weighted by Crippen LogP contribution is 2.44. The predicted octanol–water partition coefficient (Wildman–Crippen LogP) is 5.55. The summed E-state index contributed by atoms with van der Waals surface area (Å²) >= 11 is 0. The summed E-state index contributed by atoms with van der Waals surface area (Å²) in [5.41, 5.74) is 0. The molecule has 0 aliphatic carbocycles. The molecule has 0 aromatic rings. The van der Waals surface area contributed by atoms with Crippen molar-refractivity contribution in [1.82, 2.24) is 0 Å². The Hall–Kier alpha value is 0.110. The lowest BCUT2D eigenvalue weighted by Gasteiger charge is -2.20. The van der Waals surface area contributed by atoms with Crippen LogP contribution in [0.4, 0.5) is 0 Å². The van der Waals surface area contributed by atoms with Crippen molar-refractivity contribution < 1.29 is 65.1 Å². The van der Waals surface area contributed by atoms with Crippen molar-refractivity contribution in [3.8, 4) is 0 Å². The van der Waals surface area contributed by atoms with Crippen LogP contribution in [-0.4, -0.2) is 18.0 Å². The van der Waals surface area contributed by atoms with E-state index in [9.17, 15) is 9.46 Å². The van der Waals surface area contributed by atoms with Gasteiger partial charge in [-0.05, 0) is 24.5 Å². The summed E-state index contributed by atoms with van der Waals surface area (Å²) in [5.74, 6) is -10.9.